The number of hydrogen-bond donors (Lipinski definition) is 2. The Hall–Kier alpha value is -2.59. The molecular formula is C13H16F3N7O. The van der Waals surface area contributed by atoms with Crippen molar-refractivity contribution < 1.29 is 18.0 Å². The van der Waals surface area contributed by atoms with Gasteiger partial charge in [0, 0.05) is 32.3 Å². The first kappa shape index (κ1) is 16.3. The highest BCUT2D eigenvalue weighted by Gasteiger charge is 2.36. The van der Waals surface area contributed by atoms with E-state index in [1.54, 1.807) is 15.8 Å². The van der Waals surface area contributed by atoms with Crippen LogP contribution in [-0.2, 0) is 19.8 Å². The molecule has 0 bridgehead atoms. The Balaban J connectivity index is 1.52. The van der Waals surface area contributed by atoms with E-state index < -0.39 is 12.0 Å². The fourth-order valence-electron chi connectivity index (χ4n) is 2.64. The first-order valence-electron chi connectivity index (χ1n) is 7.32. The van der Waals surface area contributed by atoms with E-state index in [1.807, 2.05) is 13.2 Å². The summed E-state index contributed by atoms with van der Waals surface area (Å²) in [7, 11) is 1.83. The number of likely N-dealkylation sites (tertiary alicyclic amines) is 1. The molecule has 0 radical (unpaired) electrons. The molecule has 24 heavy (non-hydrogen) atoms. The molecule has 3 heterocycles. The maximum atomic E-state index is 12.4. The Bertz CT molecular complexity index is 723. The smallest absolute Gasteiger partial charge is 0.331 e. The number of amides is 2. The van der Waals surface area contributed by atoms with Gasteiger partial charge in [-0.2, -0.15) is 18.3 Å². The number of alkyl halides is 3. The largest absolute Gasteiger partial charge is 0.453 e. The van der Waals surface area contributed by atoms with Gasteiger partial charge < -0.3 is 10.2 Å². The molecule has 3 rings (SSSR count). The number of urea groups is 1. The van der Waals surface area contributed by atoms with Crippen LogP contribution in [0.15, 0.2) is 12.4 Å². The highest BCUT2D eigenvalue weighted by molar-refractivity contribution is 5.74. The predicted octanol–water partition coefficient (Wildman–Crippen LogP) is 1.26. The Kier molecular flexibility index (Phi) is 4.16. The van der Waals surface area contributed by atoms with Crippen LogP contribution in [0, 0.1) is 0 Å². The minimum Gasteiger partial charge on any atom is -0.331 e. The molecule has 2 amide bonds. The third-order valence-corrected chi connectivity index (χ3v) is 3.86. The van der Waals surface area contributed by atoms with Crippen LogP contribution in [0.3, 0.4) is 0 Å². The second-order valence-corrected chi connectivity index (χ2v) is 5.64. The summed E-state index contributed by atoms with van der Waals surface area (Å²) in [6, 6.07) is -0.341. The standard InChI is InChI=1S/C13H16F3N7O/c1-22-6-9(4-18-22)8-2-3-23(7-8)12(24)17-5-10-19-11(21-20-10)13(14,15)16/h4,6,8H,2-3,5,7H2,1H3,(H,17,24)(H,19,20,21). The second kappa shape index (κ2) is 6.13. The van der Waals surface area contributed by atoms with Crippen LogP contribution in [0.2, 0.25) is 0 Å². The number of nitrogens with zero attached hydrogens (tertiary/aromatic N) is 5. The van der Waals surface area contributed by atoms with Gasteiger partial charge in [0.05, 0.1) is 12.7 Å². The fourth-order valence-corrected chi connectivity index (χ4v) is 2.64. The van der Waals surface area contributed by atoms with Gasteiger partial charge in [-0.05, 0) is 12.0 Å². The predicted molar refractivity (Wildman–Crippen MR) is 75.8 cm³/mol. The van der Waals surface area contributed by atoms with Crippen molar-refractivity contribution >= 4 is 6.03 Å². The van der Waals surface area contributed by atoms with Gasteiger partial charge >= 0.3 is 12.2 Å². The molecule has 0 spiro atoms. The lowest BCUT2D eigenvalue weighted by atomic mass is 10.0. The number of aromatic nitrogens is 5. The molecule has 2 N–H and O–H groups in total. The van der Waals surface area contributed by atoms with Crippen molar-refractivity contribution in [3.05, 3.63) is 29.6 Å². The Morgan fingerprint density at radius 3 is 2.92 bits per heavy atom. The molecule has 11 heteroatoms. The summed E-state index contributed by atoms with van der Waals surface area (Å²) >= 11 is 0. The number of rotatable bonds is 3. The van der Waals surface area contributed by atoms with E-state index in [4.69, 9.17) is 0 Å². The molecule has 1 unspecified atom stereocenters. The molecule has 1 saturated heterocycles. The molecule has 0 aromatic carbocycles. The maximum Gasteiger partial charge on any atom is 0.453 e. The van der Waals surface area contributed by atoms with Crippen LogP contribution < -0.4 is 5.32 Å². The van der Waals surface area contributed by atoms with Crippen LogP contribution in [-0.4, -0.2) is 49.0 Å². The molecule has 2 aromatic heterocycles. The average Bonchev–Trinajstić information content (AvgIpc) is 3.23. The third kappa shape index (κ3) is 3.49. The van der Waals surface area contributed by atoms with Crippen LogP contribution >= 0.6 is 0 Å². The molecule has 0 aliphatic carbocycles. The van der Waals surface area contributed by atoms with Crippen molar-refractivity contribution in [1.29, 1.82) is 0 Å². The minimum atomic E-state index is -4.61. The first-order chi connectivity index (χ1) is 11.3. The van der Waals surface area contributed by atoms with Crippen LogP contribution in [0.5, 0.6) is 0 Å². The molecule has 1 atom stereocenters. The van der Waals surface area contributed by atoms with Gasteiger partial charge in [0.25, 0.3) is 5.82 Å². The molecule has 1 aliphatic heterocycles. The fraction of sp³-hybridized carbons (Fsp3) is 0.538. The van der Waals surface area contributed by atoms with Crippen LogP contribution in [0.25, 0.3) is 0 Å². The molecule has 1 aliphatic rings. The summed E-state index contributed by atoms with van der Waals surface area (Å²) in [6.45, 7) is 0.979. The SMILES string of the molecule is Cn1cc(C2CCN(C(=O)NCc3nc(C(F)(F)F)n[nH]3)C2)cn1. The van der Waals surface area contributed by atoms with E-state index in [0.29, 0.717) is 13.1 Å². The van der Waals surface area contributed by atoms with Gasteiger partial charge in [-0.1, -0.05) is 0 Å². The molecule has 130 valence electrons. The van der Waals surface area contributed by atoms with Gasteiger partial charge in [0.15, 0.2) is 0 Å². The summed E-state index contributed by atoms with van der Waals surface area (Å²) < 4.78 is 38.9. The van der Waals surface area contributed by atoms with Crippen molar-refractivity contribution in [2.75, 3.05) is 13.1 Å². The van der Waals surface area contributed by atoms with Crippen molar-refractivity contribution in [3.63, 3.8) is 0 Å². The third-order valence-electron chi connectivity index (χ3n) is 3.86. The van der Waals surface area contributed by atoms with Gasteiger partial charge in [-0.25, -0.2) is 9.78 Å². The Morgan fingerprint density at radius 1 is 1.50 bits per heavy atom. The monoisotopic (exact) mass is 343 g/mol. The van der Waals surface area contributed by atoms with Crippen LogP contribution in [0.4, 0.5) is 18.0 Å². The normalized spacial score (nSPS) is 18.2. The Labute approximate surface area is 135 Å². The highest BCUT2D eigenvalue weighted by atomic mass is 19.4. The van der Waals surface area contributed by atoms with E-state index in [1.165, 1.54) is 0 Å². The van der Waals surface area contributed by atoms with Gasteiger partial charge in [-0.15, -0.1) is 5.10 Å². The van der Waals surface area contributed by atoms with Gasteiger partial charge in [0.2, 0.25) is 0 Å². The molecule has 1 fully saturated rings. The lowest BCUT2D eigenvalue weighted by molar-refractivity contribution is -0.144. The highest BCUT2D eigenvalue weighted by Crippen LogP contribution is 2.27. The molecule has 0 saturated carbocycles. The summed E-state index contributed by atoms with van der Waals surface area (Å²) in [5.74, 6) is -1.07. The zero-order valence-corrected chi connectivity index (χ0v) is 12.8. The van der Waals surface area contributed by atoms with E-state index in [-0.39, 0.29) is 24.3 Å². The van der Waals surface area contributed by atoms with Gasteiger partial charge in [0.1, 0.15) is 5.82 Å². The number of hydrogen-bond acceptors (Lipinski definition) is 4. The summed E-state index contributed by atoms with van der Waals surface area (Å²) in [4.78, 5) is 17.0. The van der Waals surface area contributed by atoms with Crippen molar-refractivity contribution in [3.8, 4) is 0 Å². The zero-order valence-electron chi connectivity index (χ0n) is 12.8. The summed E-state index contributed by atoms with van der Waals surface area (Å²) in [5, 5.41) is 11.9. The molecule has 2 aromatic rings. The zero-order chi connectivity index (χ0) is 17.3. The molecule has 8 nitrogen and oxygen atoms in total. The second-order valence-electron chi connectivity index (χ2n) is 5.64. The number of H-pyrrole nitrogens is 1. The Morgan fingerprint density at radius 2 is 2.29 bits per heavy atom. The minimum absolute atomic E-state index is 0.0429. The number of carbonyl (C=O) groups is 1. The number of carbonyl (C=O) groups excluding carboxylic acids is 1. The van der Waals surface area contributed by atoms with Crippen molar-refractivity contribution in [1.82, 2.24) is 35.2 Å². The van der Waals surface area contributed by atoms with Crippen molar-refractivity contribution in [2.45, 2.75) is 25.1 Å². The lowest BCUT2D eigenvalue weighted by Crippen LogP contribution is -2.38. The number of aryl methyl sites for hydroxylation is 1. The number of halogens is 3. The quantitative estimate of drug-likeness (QED) is 0.878. The first-order valence-corrected chi connectivity index (χ1v) is 7.32. The summed E-state index contributed by atoms with van der Waals surface area (Å²) in [5.41, 5.74) is 1.07. The van der Waals surface area contributed by atoms with Crippen molar-refractivity contribution in [2.24, 2.45) is 7.05 Å². The van der Waals surface area contributed by atoms with E-state index in [0.717, 1.165) is 12.0 Å². The molecular weight excluding hydrogens is 327 g/mol. The topological polar surface area (TPSA) is 91.7 Å². The lowest BCUT2D eigenvalue weighted by Gasteiger charge is -2.16. The average molecular weight is 343 g/mol. The number of aromatic amines is 1. The van der Waals surface area contributed by atoms with E-state index >= 15 is 0 Å². The number of nitrogens with one attached hydrogen (secondary N) is 2. The maximum absolute atomic E-state index is 12.4. The van der Waals surface area contributed by atoms with E-state index in [2.05, 4.69) is 25.6 Å². The van der Waals surface area contributed by atoms with Gasteiger partial charge in [-0.3, -0.25) is 9.78 Å². The van der Waals surface area contributed by atoms with E-state index in [9.17, 15) is 18.0 Å². The summed E-state index contributed by atoms with van der Waals surface area (Å²) in [6.07, 6.45) is -0.0944. The van der Waals surface area contributed by atoms with Crippen LogP contribution in [0.1, 0.15) is 29.6 Å².